The quantitative estimate of drug-likeness (QED) is 0.837. The van der Waals surface area contributed by atoms with E-state index in [1.54, 1.807) is 7.11 Å². The molecule has 0 saturated heterocycles. The van der Waals surface area contributed by atoms with Crippen LogP contribution in [-0.4, -0.2) is 30.6 Å². The smallest absolute Gasteiger partial charge is 0.220 e. The van der Waals surface area contributed by atoms with Gasteiger partial charge in [-0.3, -0.25) is 4.79 Å². The van der Waals surface area contributed by atoms with Crippen LogP contribution in [0.5, 0.6) is 0 Å². The minimum Gasteiger partial charge on any atom is -0.383 e. The molecule has 0 aliphatic rings. The highest BCUT2D eigenvalue weighted by Crippen LogP contribution is 2.18. The number of aromatic amines is 1. The number of benzene rings is 1. The summed E-state index contributed by atoms with van der Waals surface area (Å²) in [6, 6.07) is 8.19. The molecule has 1 amide bonds. The molecule has 0 radical (unpaired) electrons. The lowest BCUT2D eigenvalue weighted by atomic mass is 10.1. The highest BCUT2D eigenvalue weighted by atomic mass is 16.5. The first-order chi connectivity index (χ1) is 9.20. The number of rotatable bonds is 6. The van der Waals surface area contributed by atoms with E-state index in [0.717, 1.165) is 11.9 Å². The van der Waals surface area contributed by atoms with Gasteiger partial charge in [0.1, 0.15) is 0 Å². The molecule has 0 fully saturated rings. The Morgan fingerprint density at radius 2 is 2.21 bits per heavy atom. The van der Waals surface area contributed by atoms with Gasteiger partial charge >= 0.3 is 0 Å². The maximum Gasteiger partial charge on any atom is 0.220 e. The van der Waals surface area contributed by atoms with Gasteiger partial charge in [-0.2, -0.15) is 0 Å². The first kappa shape index (κ1) is 13.6. The van der Waals surface area contributed by atoms with Crippen LogP contribution in [0.3, 0.4) is 0 Å². The van der Waals surface area contributed by atoms with Crippen molar-refractivity contribution in [3.63, 3.8) is 0 Å². The Morgan fingerprint density at radius 3 is 3.00 bits per heavy atom. The number of aromatic nitrogens is 1. The highest BCUT2D eigenvalue weighted by Gasteiger charge is 2.09. The third kappa shape index (κ3) is 3.58. The van der Waals surface area contributed by atoms with Crippen molar-refractivity contribution in [1.82, 2.24) is 10.3 Å². The molecule has 102 valence electrons. The average molecular weight is 260 g/mol. The maximum atomic E-state index is 11.8. The van der Waals surface area contributed by atoms with Crippen LogP contribution in [0.4, 0.5) is 0 Å². The molecule has 4 heteroatoms. The summed E-state index contributed by atoms with van der Waals surface area (Å²) < 4.78 is 4.99. The molecular weight excluding hydrogens is 240 g/mol. The van der Waals surface area contributed by atoms with Crippen LogP contribution in [0.2, 0.25) is 0 Å². The van der Waals surface area contributed by atoms with Gasteiger partial charge in [0.05, 0.1) is 6.61 Å². The van der Waals surface area contributed by atoms with Crippen molar-refractivity contribution in [1.29, 1.82) is 0 Å². The number of hydrogen-bond acceptors (Lipinski definition) is 2. The van der Waals surface area contributed by atoms with E-state index in [-0.39, 0.29) is 11.9 Å². The van der Waals surface area contributed by atoms with E-state index in [9.17, 15) is 4.79 Å². The van der Waals surface area contributed by atoms with Crippen molar-refractivity contribution in [2.24, 2.45) is 0 Å². The minimum atomic E-state index is 0.0560. The zero-order chi connectivity index (χ0) is 13.7. The summed E-state index contributed by atoms with van der Waals surface area (Å²) in [5.41, 5.74) is 2.30. The standard InChI is InChI=1S/C15H20N2O2/c1-11(10-19-2)17-15(18)8-7-12-9-16-14-6-4-3-5-13(12)14/h3-6,9,11,16H,7-8,10H2,1-2H3,(H,17,18)/t11-/m0/s1. The molecule has 0 bridgehead atoms. The third-order valence-corrected chi connectivity index (χ3v) is 3.12. The number of methoxy groups -OCH3 is 1. The van der Waals surface area contributed by atoms with Crippen LogP contribution in [-0.2, 0) is 16.0 Å². The predicted octanol–water partition coefficient (Wildman–Crippen LogP) is 2.25. The van der Waals surface area contributed by atoms with Crippen LogP contribution in [0.1, 0.15) is 18.9 Å². The lowest BCUT2D eigenvalue weighted by Gasteiger charge is -2.12. The fourth-order valence-corrected chi connectivity index (χ4v) is 2.23. The van der Waals surface area contributed by atoms with Crippen molar-refractivity contribution in [2.75, 3.05) is 13.7 Å². The van der Waals surface area contributed by atoms with E-state index in [4.69, 9.17) is 4.74 Å². The molecule has 1 atom stereocenters. The van der Waals surface area contributed by atoms with E-state index >= 15 is 0 Å². The predicted molar refractivity (Wildman–Crippen MR) is 76.1 cm³/mol. The zero-order valence-corrected chi connectivity index (χ0v) is 11.4. The summed E-state index contributed by atoms with van der Waals surface area (Å²) in [6.07, 6.45) is 3.22. The Hall–Kier alpha value is -1.81. The molecule has 19 heavy (non-hydrogen) atoms. The summed E-state index contributed by atoms with van der Waals surface area (Å²) in [7, 11) is 1.63. The van der Waals surface area contributed by atoms with Crippen molar-refractivity contribution < 1.29 is 9.53 Å². The molecule has 0 saturated carbocycles. The molecule has 2 aromatic rings. The zero-order valence-electron chi connectivity index (χ0n) is 11.4. The molecule has 0 aliphatic heterocycles. The number of para-hydroxylation sites is 1. The molecule has 4 nitrogen and oxygen atoms in total. The van der Waals surface area contributed by atoms with Crippen LogP contribution in [0.15, 0.2) is 30.5 Å². The number of H-pyrrole nitrogens is 1. The first-order valence-electron chi connectivity index (χ1n) is 6.54. The molecule has 0 aliphatic carbocycles. The summed E-state index contributed by atoms with van der Waals surface area (Å²) in [4.78, 5) is 15.0. The second kappa shape index (κ2) is 6.38. The fraction of sp³-hybridized carbons (Fsp3) is 0.400. The van der Waals surface area contributed by atoms with Gasteiger partial charge in [0.2, 0.25) is 5.91 Å². The van der Waals surface area contributed by atoms with E-state index in [2.05, 4.69) is 16.4 Å². The second-order valence-electron chi connectivity index (χ2n) is 4.78. The maximum absolute atomic E-state index is 11.8. The summed E-state index contributed by atoms with van der Waals surface area (Å²) in [5.74, 6) is 0.0647. The normalized spacial score (nSPS) is 12.5. The van der Waals surface area contributed by atoms with E-state index < -0.39 is 0 Å². The van der Waals surface area contributed by atoms with Gasteiger partial charge in [-0.25, -0.2) is 0 Å². The van der Waals surface area contributed by atoms with Crippen LogP contribution >= 0.6 is 0 Å². The number of ether oxygens (including phenoxy) is 1. The second-order valence-corrected chi connectivity index (χ2v) is 4.78. The van der Waals surface area contributed by atoms with Gasteiger partial charge in [-0.1, -0.05) is 18.2 Å². The Balaban J connectivity index is 1.90. The van der Waals surface area contributed by atoms with Gasteiger partial charge in [0.15, 0.2) is 0 Å². The number of hydrogen-bond donors (Lipinski definition) is 2. The lowest BCUT2D eigenvalue weighted by Crippen LogP contribution is -2.35. The Bertz CT molecular complexity index is 548. The van der Waals surface area contributed by atoms with Crippen molar-refractivity contribution in [3.05, 3.63) is 36.0 Å². The Labute approximate surface area is 113 Å². The number of carbonyl (C=O) groups is 1. The number of nitrogens with one attached hydrogen (secondary N) is 2. The lowest BCUT2D eigenvalue weighted by molar-refractivity contribution is -0.122. The topological polar surface area (TPSA) is 54.1 Å². The minimum absolute atomic E-state index is 0.0560. The number of amides is 1. The fourth-order valence-electron chi connectivity index (χ4n) is 2.23. The molecular formula is C15H20N2O2. The average Bonchev–Trinajstić information content (AvgIpc) is 2.80. The molecule has 0 unspecified atom stereocenters. The molecule has 2 rings (SSSR count). The first-order valence-corrected chi connectivity index (χ1v) is 6.54. The molecule has 2 N–H and O–H groups in total. The van der Waals surface area contributed by atoms with Crippen molar-refractivity contribution in [2.45, 2.75) is 25.8 Å². The molecule has 1 aromatic carbocycles. The molecule has 1 heterocycles. The van der Waals surface area contributed by atoms with E-state index in [1.165, 1.54) is 10.9 Å². The van der Waals surface area contributed by atoms with Crippen molar-refractivity contribution in [3.8, 4) is 0 Å². The van der Waals surface area contributed by atoms with Gasteiger partial charge in [0, 0.05) is 36.7 Å². The van der Waals surface area contributed by atoms with Crippen molar-refractivity contribution >= 4 is 16.8 Å². The Kier molecular flexibility index (Phi) is 4.58. The monoisotopic (exact) mass is 260 g/mol. The SMILES string of the molecule is COC[C@H](C)NC(=O)CCc1c[nH]c2ccccc12. The van der Waals surface area contributed by atoms with E-state index in [0.29, 0.717) is 13.0 Å². The Morgan fingerprint density at radius 1 is 1.42 bits per heavy atom. The number of carbonyl (C=O) groups excluding carboxylic acids is 1. The van der Waals surface area contributed by atoms with Crippen LogP contribution in [0.25, 0.3) is 10.9 Å². The molecule has 0 spiro atoms. The van der Waals surface area contributed by atoms with Crippen LogP contribution < -0.4 is 5.32 Å². The third-order valence-electron chi connectivity index (χ3n) is 3.12. The van der Waals surface area contributed by atoms with Gasteiger partial charge < -0.3 is 15.0 Å². The summed E-state index contributed by atoms with van der Waals surface area (Å²) >= 11 is 0. The van der Waals surface area contributed by atoms with Gasteiger partial charge in [-0.05, 0) is 25.0 Å². The van der Waals surface area contributed by atoms with Crippen LogP contribution in [0, 0.1) is 0 Å². The summed E-state index contributed by atoms with van der Waals surface area (Å²) in [5, 5.41) is 4.11. The van der Waals surface area contributed by atoms with Gasteiger partial charge in [0.25, 0.3) is 0 Å². The molecule has 1 aromatic heterocycles. The number of fused-ring (bicyclic) bond motifs is 1. The number of aryl methyl sites for hydroxylation is 1. The van der Waals surface area contributed by atoms with Gasteiger partial charge in [-0.15, -0.1) is 0 Å². The highest BCUT2D eigenvalue weighted by molar-refractivity contribution is 5.84. The van der Waals surface area contributed by atoms with E-state index in [1.807, 2.05) is 31.3 Å². The largest absolute Gasteiger partial charge is 0.383 e. The summed E-state index contributed by atoms with van der Waals surface area (Å²) in [6.45, 7) is 2.48.